The molecule has 1 heterocycles. The number of nitrogens with zero attached hydrogens (tertiary/aromatic N) is 2. The molecule has 0 radical (unpaired) electrons. The number of hydrogen-bond donors (Lipinski definition) is 1. The standard InChI is InChI=1S/C17H27N3O3S/c1-13-6-4-5-7-16(13)12-14(2)19(3)17(21)15-8-10-20(11-9-15)24(18,22)23/h4-7,14-15H,8-12H2,1-3H3,(H2,18,22,23). The number of nitrogens with two attached hydrogens (primary N) is 1. The lowest BCUT2D eigenvalue weighted by Crippen LogP contribution is -2.47. The summed E-state index contributed by atoms with van der Waals surface area (Å²) in [4.78, 5) is 14.5. The van der Waals surface area contributed by atoms with E-state index >= 15 is 0 Å². The van der Waals surface area contributed by atoms with E-state index < -0.39 is 10.2 Å². The van der Waals surface area contributed by atoms with E-state index in [4.69, 9.17) is 5.14 Å². The Morgan fingerprint density at radius 2 is 1.92 bits per heavy atom. The van der Waals surface area contributed by atoms with E-state index in [0.717, 1.165) is 6.42 Å². The fraction of sp³-hybridized carbons (Fsp3) is 0.588. The van der Waals surface area contributed by atoms with Crippen LogP contribution in [0.15, 0.2) is 24.3 Å². The fourth-order valence-corrected chi connectivity index (χ4v) is 3.88. The van der Waals surface area contributed by atoms with E-state index in [9.17, 15) is 13.2 Å². The summed E-state index contributed by atoms with van der Waals surface area (Å²) in [5.74, 6) is -0.0440. The molecule has 1 aliphatic heterocycles. The zero-order valence-corrected chi connectivity index (χ0v) is 15.4. The number of carbonyl (C=O) groups excluding carboxylic acids is 1. The molecule has 2 rings (SSSR count). The molecular weight excluding hydrogens is 326 g/mol. The van der Waals surface area contributed by atoms with Crippen molar-refractivity contribution < 1.29 is 13.2 Å². The Bertz CT molecular complexity index is 682. The molecule has 1 atom stereocenters. The van der Waals surface area contributed by atoms with Crippen LogP contribution in [-0.4, -0.2) is 49.7 Å². The predicted octanol–water partition coefficient (Wildman–Crippen LogP) is 1.30. The lowest BCUT2D eigenvalue weighted by atomic mass is 9.95. The van der Waals surface area contributed by atoms with E-state index in [2.05, 4.69) is 19.1 Å². The first kappa shape index (κ1) is 18.9. The van der Waals surface area contributed by atoms with Crippen molar-refractivity contribution in [3.05, 3.63) is 35.4 Å². The summed E-state index contributed by atoms with van der Waals surface area (Å²) >= 11 is 0. The number of carbonyl (C=O) groups is 1. The monoisotopic (exact) mass is 353 g/mol. The van der Waals surface area contributed by atoms with Crippen molar-refractivity contribution in [3.63, 3.8) is 0 Å². The maximum Gasteiger partial charge on any atom is 0.276 e. The lowest BCUT2D eigenvalue weighted by molar-refractivity contribution is -0.137. The van der Waals surface area contributed by atoms with Gasteiger partial charge in [0.2, 0.25) is 5.91 Å². The number of amides is 1. The summed E-state index contributed by atoms with van der Waals surface area (Å²) in [6, 6.07) is 8.29. The Labute approximate surface area is 144 Å². The topological polar surface area (TPSA) is 83.7 Å². The number of hydrogen-bond acceptors (Lipinski definition) is 3. The summed E-state index contributed by atoms with van der Waals surface area (Å²) in [6.45, 7) is 4.75. The minimum Gasteiger partial charge on any atom is -0.342 e. The number of rotatable bonds is 5. The first-order valence-corrected chi connectivity index (χ1v) is 9.79. The molecule has 0 aromatic heterocycles. The van der Waals surface area contributed by atoms with Crippen molar-refractivity contribution in [3.8, 4) is 0 Å². The van der Waals surface area contributed by atoms with Crippen molar-refractivity contribution in [1.82, 2.24) is 9.21 Å². The Balaban J connectivity index is 1.94. The van der Waals surface area contributed by atoms with Gasteiger partial charge in [-0.1, -0.05) is 24.3 Å². The van der Waals surface area contributed by atoms with Crippen molar-refractivity contribution in [2.24, 2.45) is 11.1 Å². The molecule has 134 valence electrons. The molecule has 0 aliphatic carbocycles. The number of benzene rings is 1. The highest BCUT2D eigenvalue weighted by Gasteiger charge is 2.31. The minimum absolute atomic E-state index is 0.0881. The van der Waals surface area contributed by atoms with Gasteiger partial charge in [0, 0.05) is 32.1 Å². The van der Waals surface area contributed by atoms with Crippen LogP contribution >= 0.6 is 0 Å². The summed E-state index contributed by atoms with van der Waals surface area (Å²) in [5.41, 5.74) is 2.47. The van der Waals surface area contributed by atoms with Crippen LogP contribution in [0.1, 0.15) is 30.9 Å². The van der Waals surface area contributed by atoms with Gasteiger partial charge in [-0.3, -0.25) is 4.79 Å². The molecule has 1 saturated heterocycles. The average molecular weight is 353 g/mol. The Kier molecular flexibility index (Phi) is 6.01. The Morgan fingerprint density at radius 3 is 2.46 bits per heavy atom. The normalized spacial score (nSPS) is 18.3. The van der Waals surface area contributed by atoms with Crippen LogP contribution in [0.2, 0.25) is 0 Å². The first-order valence-electron chi connectivity index (χ1n) is 8.29. The van der Waals surface area contributed by atoms with Crippen molar-refractivity contribution in [2.75, 3.05) is 20.1 Å². The van der Waals surface area contributed by atoms with Crippen LogP contribution in [0.3, 0.4) is 0 Å². The van der Waals surface area contributed by atoms with Crippen LogP contribution in [0, 0.1) is 12.8 Å². The molecule has 7 heteroatoms. The highest BCUT2D eigenvalue weighted by molar-refractivity contribution is 7.86. The van der Waals surface area contributed by atoms with Gasteiger partial charge >= 0.3 is 0 Å². The molecule has 24 heavy (non-hydrogen) atoms. The molecule has 1 aromatic rings. The molecule has 1 fully saturated rings. The van der Waals surface area contributed by atoms with Gasteiger partial charge in [-0.05, 0) is 44.2 Å². The zero-order valence-electron chi connectivity index (χ0n) is 14.6. The quantitative estimate of drug-likeness (QED) is 0.866. The van der Waals surface area contributed by atoms with E-state index in [1.165, 1.54) is 15.4 Å². The summed E-state index contributed by atoms with van der Waals surface area (Å²) in [5, 5.41) is 5.14. The van der Waals surface area contributed by atoms with E-state index in [0.29, 0.717) is 25.9 Å². The van der Waals surface area contributed by atoms with Crippen LogP contribution in [-0.2, 0) is 21.4 Å². The van der Waals surface area contributed by atoms with E-state index in [-0.39, 0.29) is 17.9 Å². The van der Waals surface area contributed by atoms with Gasteiger partial charge in [0.15, 0.2) is 0 Å². The Hall–Kier alpha value is -1.44. The predicted molar refractivity (Wildman–Crippen MR) is 94.5 cm³/mol. The second-order valence-electron chi connectivity index (χ2n) is 6.65. The van der Waals surface area contributed by atoms with Gasteiger partial charge in [0.1, 0.15) is 0 Å². The number of likely N-dealkylation sites (N-methyl/N-ethyl adjacent to an activating group) is 1. The molecule has 2 N–H and O–H groups in total. The minimum atomic E-state index is -3.65. The molecule has 1 aliphatic rings. The van der Waals surface area contributed by atoms with Gasteiger partial charge in [0.05, 0.1) is 0 Å². The smallest absolute Gasteiger partial charge is 0.276 e. The summed E-state index contributed by atoms with van der Waals surface area (Å²) in [6.07, 6.45) is 1.86. The second kappa shape index (κ2) is 7.63. The third kappa shape index (κ3) is 4.55. The van der Waals surface area contributed by atoms with Gasteiger partial charge in [0.25, 0.3) is 10.2 Å². The third-order valence-electron chi connectivity index (χ3n) is 4.95. The fourth-order valence-electron chi connectivity index (χ4n) is 3.16. The molecule has 0 spiro atoms. The van der Waals surface area contributed by atoms with Crippen LogP contribution < -0.4 is 5.14 Å². The number of aryl methyl sites for hydroxylation is 1. The maximum atomic E-state index is 12.7. The summed E-state index contributed by atoms with van der Waals surface area (Å²) < 4.78 is 23.9. The molecular formula is C17H27N3O3S. The first-order chi connectivity index (χ1) is 11.2. The molecule has 1 unspecified atom stereocenters. The highest BCUT2D eigenvalue weighted by atomic mass is 32.2. The van der Waals surface area contributed by atoms with Gasteiger partial charge < -0.3 is 4.90 Å². The molecule has 1 aromatic carbocycles. The molecule has 0 bridgehead atoms. The lowest BCUT2D eigenvalue weighted by Gasteiger charge is -2.34. The molecule has 6 nitrogen and oxygen atoms in total. The van der Waals surface area contributed by atoms with Crippen molar-refractivity contribution in [2.45, 2.75) is 39.2 Å². The molecule has 1 amide bonds. The van der Waals surface area contributed by atoms with E-state index in [1.807, 2.05) is 26.1 Å². The zero-order chi connectivity index (χ0) is 17.9. The second-order valence-corrected chi connectivity index (χ2v) is 8.19. The SMILES string of the molecule is Cc1ccccc1CC(C)N(C)C(=O)C1CCN(S(N)(=O)=O)CC1. The van der Waals surface area contributed by atoms with Crippen molar-refractivity contribution in [1.29, 1.82) is 0 Å². The van der Waals surface area contributed by atoms with Crippen LogP contribution in [0.5, 0.6) is 0 Å². The van der Waals surface area contributed by atoms with Gasteiger partial charge in [-0.25, -0.2) is 5.14 Å². The largest absolute Gasteiger partial charge is 0.342 e. The van der Waals surface area contributed by atoms with Crippen LogP contribution in [0.4, 0.5) is 0 Å². The highest BCUT2D eigenvalue weighted by Crippen LogP contribution is 2.22. The van der Waals surface area contributed by atoms with Crippen LogP contribution in [0.25, 0.3) is 0 Å². The van der Waals surface area contributed by atoms with Gasteiger partial charge in [-0.2, -0.15) is 12.7 Å². The number of piperidine rings is 1. The van der Waals surface area contributed by atoms with Gasteiger partial charge in [-0.15, -0.1) is 0 Å². The summed E-state index contributed by atoms with van der Waals surface area (Å²) in [7, 11) is -1.82. The third-order valence-corrected chi connectivity index (χ3v) is 6.03. The average Bonchev–Trinajstić information content (AvgIpc) is 2.55. The van der Waals surface area contributed by atoms with Crippen molar-refractivity contribution >= 4 is 16.1 Å². The maximum absolute atomic E-state index is 12.7. The Morgan fingerprint density at radius 1 is 1.33 bits per heavy atom. The molecule has 0 saturated carbocycles. The van der Waals surface area contributed by atoms with E-state index in [1.54, 1.807) is 4.90 Å².